The number of hydrogen-bond donors (Lipinski definition) is 0. The monoisotopic (exact) mass is 298 g/mol. The van der Waals surface area contributed by atoms with Gasteiger partial charge < -0.3 is 4.74 Å². The van der Waals surface area contributed by atoms with Crippen molar-refractivity contribution in [1.82, 2.24) is 9.97 Å². The normalized spacial score (nSPS) is 10.4. The number of carbonyl (C=O) groups is 2. The van der Waals surface area contributed by atoms with Crippen LogP contribution in [0.3, 0.4) is 0 Å². The van der Waals surface area contributed by atoms with E-state index in [1.54, 1.807) is 0 Å². The molecule has 1 aromatic heterocycles. The van der Waals surface area contributed by atoms with E-state index in [-0.39, 0.29) is 18.1 Å². The van der Waals surface area contributed by atoms with Crippen LogP contribution in [0, 0.1) is 27.7 Å². The summed E-state index contributed by atoms with van der Waals surface area (Å²) in [6.45, 7) is 7.57. The molecule has 0 saturated heterocycles. The first kappa shape index (κ1) is 15.8. The first-order valence-electron chi connectivity index (χ1n) is 6.95. The molecular formula is C17H18N2O3. The third-order valence-corrected chi connectivity index (χ3v) is 3.89. The van der Waals surface area contributed by atoms with Gasteiger partial charge in [0.2, 0.25) is 5.78 Å². The molecule has 0 fully saturated rings. The largest absolute Gasteiger partial charge is 0.453 e. The Morgan fingerprint density at radius 3 is 2.41 bits per heavy atom. The molecule has 114 valence electrons. The van der Waals surface area contributed by atoms with Crippen molar-refractivity contribution >= 4 is 11.8 Å². The molecule has 0 atom stereocenters. The minimum absolute atomic E-state index is 0.0864. The Bertz CT molecular complexity index is 724. The molecule has 1 aromatic carbocycles. The maximum atomic E-state index is 12.3. The summed E-state index contributed by atoms with van der Waals surface area (Å²) in [6, 6.07) is 1.84. The van der Waals surface area contributed by atoms with Gasteiger partial charge in [-0.2, -0.15) is 0 Å². The average molecular weight is 298 g/mol. The second kappa shape index (κ2) is 6.47. The van der Waals surface area contributed by atoms with Crippen molar-refractivity contribution < 1.29 is 14.3 Å². The quantitative estimate of drug-likeness (QED) is 0.641. The van der Waals surface area contributed by atoms with E-state index in [0.717, 1.165) is 16.7 Å². The topological polar surface area (TPSA) is 69.2 Å². The molecule has 0 N–H and O–H groups in total. The van der Waals surface area contributed by atoms with Crippen LogP contribution in [0.2, 0.25) is 0 Å². The lowest BCUT2D eigenvalue weighted by Crippen LogP contribution is -2.17. The van der Waals surface area contributed by atoms with E-state index in [0.29, 0.717) is 5.56 Å². The summed E-state index contributed by atoms with van der Waals surface area (Å²) in [4.78, 5) is 31.7. The number of Topliss-reactive ketones (excluding diaryl/α,β-unsaturated/α-hetero) is 1. The Balaban J connectivity index is 2.12. The van der Waals surface area contributed by atoms with Gasteiger partial charge in [0.05, 0.1) is 6.20 Å². The van der Waals surface area contributed by atoms with Crippen molar-refractivity contribution in [3.05, 3.63) is 58.2 Å². The van der Waals surface area contributed by atoms with E-state index < -0.39 is 5.97 Å². The number of esters is 1. The number of aryl methyl sites for hydroxylation is 1. The molecule has 0 radical (unpaired) electrons. The minimum Gasteiger partial charge on any atom is -0.453 e. The Labute approximate surface area is 129 Å². The van der Waals surface area contributed by atoms with Gasteiger partial charge in [0.15, 0.2) is 12.3 Å². The first-order chi connectivity index (χ1) is 10.4. The highest BCUT2D eigenvalue weighted by atomic mass is 16.5. The molecule has 0 spiro atoms. The summed E-state index contributed by atoms with van der Waals surface area (Å²) in [5, 5.41) is 0. The highest BCUT2D eigenvalue weighted by Gasteiger charge is 2.16. The van der Waals surface area contributed by atoms with Crippen LogP contribution < -0.4 is 0 Å². The smallest absolute Gasteiger partial charge is 0.358 e. The molecule has 0 aliphatic carbocycles. The fraction of sp³-hybridized carbons (Fsp3) is 0.294. The Hall–Kier alpha value is -2.56. The van der Waals surface area contributed by atoms with Gasteiger partial charge in [0, 0.05) is 18.0 Å². The van der Waals surface area contributed by atoms with Gasteiger partial charge in [0.25, 0.3) is 0 Å². The fourth-order valence-corrected chi connectivity index (χ4v) is 2.19. The van der Waals surface area contributed by atoms with Crippen LogP contribution in [0.5, 0.6) is 0 Å². The molecule has 0 amide bonds. The highest BCUT2D eigenvalue weighted by Crippen LogP contribution is 2.21. The van der Waals surface area contributed by atoms with Crippen LogP contribution in [0.1, 0.15) is 43.1 Å². The van der Waals surface area contributed by atoms with Crippen LogP contribution in [0.4, 0.5) is 0 Å². The van der Waals surface area contributed by atoms with E-state index in [9.17, 15) is 9.59 Å². The molecule has 2 aromatic rings. The maximum Gasteiger partial charge on any atom is 0.358 e. The predicted molar refractivity (Wildman–Crippen MR) is 82.0 cm³/mol. The lowest BCUT2D eigenvalue weighted by atomic mass is 9.93. The molecular weight excluding hydrogens is 280 g/mol. The van der Waals surface area contributed by atoms with Gasteiger partial charge in [0.1, 0.15) is 0 Å². The number of hydrogen-bond acceptors (Lipinski definition) is 5. The van der Waals surface area contributed by atoms with Crippen LogP contribution in [-0.2, 0) is 4.74 Å². The summed E-state index contributed by atoms with van der Waals surface area (Å²) >= 11 is 0. The Morgan fingerprint density at radius 2 is 1.77 bits per heavy atom. The molecule has 0 saturated carbocycles. The molecule has 0 aliphatic heterocycles. The number of benzene rings is 1. The highest BCUT2D eigenvalue weighted by molar-refractivity contribution is 6.00. The number of ketones is 1. The standard InChI is InChI=1S/C17H18N2O3/c1-10-7-14(13(4)12(3)11(10)2)16(20)9-22-17(21)15-8-18-5-6-19-15/h5-8H,9H2,1-4H3. The summed E-state index contributed by atoms with van der Waals surface area (Å²) in [7, 11) is 0. The number of rotatable bonds is 4. The second-order valence-electron chi connectivity index (χ2n) is 5.21. The zero-order valence-electron chi connectivity index (χ0n) is 13.1. The van der Waals surface area contributed by atoms with Crippen LogP contribution in [0.15, 0.2) is 24.7 Å². The molecule has 0 unspecified atom stereocenters. The van der Waals surface area contributed by atoms with Crippen molar-refractivity contribution in [2.24, 2.45) is 0 Å². The maximum absolute atomic E-state index is 12.3. The molecule has 5 nitrogen and oxygen atoms in total. The van der Waals surface area contributed by atoms with Gasteiger partial charge in [-0.1, -0.05) is 0 Å². The number of aromatic nitrogens is 2. The SMILES string of the molecule is Cc1cc(C(=O)COC(=O)c2cnccn2)c(C)c(C)c1C. The molecule has 2 rings (SSSR count). The summed E-state index contributed by atoms with van der Waals surface area (Å²) in [5.74, 6) is -0.874. The molecule has 22 heavy (non-hydrogen) atoms. The van der Waals surface area contributed by atoms with Crippen LogP contribution in [0.25, 0.3) is 0 Å². The second-order valence-corrected chi connectivity index (χ2v) is 5.21. The van der Waals surface area contributed by atoms with Crippen molar-refractivity contribution in [1.29, 1.82) is 0 Å². The Kier molecular flexibility index (Phi) is 4.65. The van der Waals surface area contributed by atoms with Gasteiger partial charge in [-0.3, -0.25) is 9.78 Å². The van der Waals surface area contributed by atoms with Gasteiger partial charge in [-0.15, -0.1) is 0 Å². The van der Waals surface area contributed by atoms with Gasteiger partial charge >= 0.3 is 5.97 Å². The number of nitrogens with zero attached hydrogens (tertiary/aromatic N) is 2. The van der Waals surface area contributed by atoms with Crippen molar-refractivity contribution in [2.75, 3.05) is 6.61 Å². The van der Waals surface area contributed by atoms with E-state index in [4.69, 9.17) is 4.74 Å². The van der Waals surface area contributed by atoms with E-state index >= 15 is 0 Å². The summed E-state index contributed by atoms with van der Waals surface area (Å²) < 4.78 is 5.02. The van der Waals surface area contributed by atoms with Crippen molar-refractivity contribution in [2.45, 2.75) is 27.7 Å². The first-order valence-corrected chi connectivity index (χ1v) is 6.95. The number of ether oxygens (including phenoxy) is 1. The Morgan fingerprint density at radius 1 is 1.05 bits per heavy atom. The lowest BCUT2D eigenvalue weighted by Gasteiger charge is -2.13. The third-order valence-electron chi connectivity index (χ3n) is 3.89. The molecule has 5 heteroatoms. The van der Waals surface area contributed by atoms with Crippen LogP contribution >= 0.6 is 0 Å². The fourth-order valence-electron chi connectivity index (χ4n) is 2.19. The summed E-state index contributed by atoms with van der Waals surface area (Å²) in [5.41, 5.74) is 4.90. The predicted octanol–water partition coefficient (Wildman–Crippen LogP) is 2.75. The van der Waals surface area contributed by atoms with E-state index in [1.165, 1.54) is 24.2 Å². The molecule has 0 aliphatic rings. The van der Waals surface area contributed by atoms with E-state index in [1.807, 2.05) is 33.8 Å². The zero-order chi connectivity index (χ0) is 16.3. The molecule has 1 heterocycles. The van der Waals surface area contributed by atoms with Gasteiger partial charge in [-0.25, -0.2) is 9.78 Å². The van der Waals surface area contributed by atoms with Gasteiger partial charge in [-0.05, 0) is 56.0 Å². The lowest BCUT2D eigenvalue weighted by molar-refractivity contribution is 0.0468. The van der Waals surface area contributed by atoms with Crippen LogP contribution in [-0.4, -0.2) is 28.3 Å². The van der Waals surface area contributed by atoms with Crippen molar-refractivity contribution in [3.8, 4) is 0 Å². The average Bonchev–Trinajstić information content (AvgIpc) is 2.54. The van der Waals surface area contributed by atoms with E-state index in [2.05, 4.69) is 9.97 Å². The molecule has 0 bridgehead atoms. The van der Waals surface area contributed by atoms with Crippen molar-refractivity contribution in [3.63, 3.8) is 0 Å². The minimum atomic E-state index is -0.653. The number of carbonyl (C=O) groups excluding carboxylic acids is 2. The zero-order valence-corrected chi connectivity index (χ0v) is 13.1. The third kappa shape index (κ3) is 3.19. The summed E-state index contributed by atoms with van der Waals surface area (Å²) in [6.07, 6.45) is 4.16.